The fourth-order valence-electron chi connectivity index (χ4n) is 1.97. The van der Waals surface area contributed by atoms with Gasteiger partial charge in [0.2, 0.25) is 0 Å². The third kappa shape index (κ3) is 3.61. The second kappa shape index (κ2) is 6.85. The van der Waals surface area contributed by atoms with Crippen LogP contribution in [0.5, 0.6) is 0 Å². The number of benzene rings is 2. The molecular formula is C16H13ClN2O2S. The highest BCUT2D eigenvalue weighted by molar-refractivity contribution is 7.99. The molecule has 0 aromatic heterocycles. The number of aliphatic imine (C=N–C) groups is 1. The molecule has 0 unspecified atom stereocenters. The first-order valence-corrected chi connectivity index (χ1v) is 8.11. The number of nitrogens with zero attached hydrogens (tertiary/aromatic N) is 1. The van der Waals surface area contributed by atoms with Gasteiger partial charge in [0.05, 0.1) is 11.3 Å². The van der Waals surface area contributed by atoms with Crippen LogP contribution in [0.2, 0.25) is 5.02 Å². The smallest absolute Gasteiger partial charge is 0.337 e. The van der Waals surface area contributed by atoms with E-state index in [1.165, 1.54) is 0 Å². The maximum absolute atomic E-state index is 11.9. The number of halogens is 1. The van der Waals surface area contributed by atoms with E-state index in [4.69, 9.17) is 16.4 Å². The van der Waals surface area contributed by atoms with Crippen molar-refractivity contribution in [2.75, 3.05) is 5.75 Å². The first-order valence-electron chi connectivity index (χ1n) is 6.74. The van der Waals surface area contributed by atoms with E-state index >= 15 is 0 Å². The Balaban J connectivity index is 1.71. The summed E-state index contributed by atoms with van der Waals surface area (Å²) in [5, 5.41) is 0.630. The van der Waals surface area contributed by atoms with Crippen LogP contribution in [0.4, 0.5) is 5.69 Å². The molecule has 2 aromatic rings. The van der Waals surface area contributed by atoms with E-state index in [2.05, 4.69) is 10.5 Å². The first kappa shape index (κ1) is 14.9. The van der Waals surface area contributed by atoms with Gasteiger partial charge in [-0.05, 0) is 30.3 Å². The van der Waals surface area contributed by atoms with Crippen LogP contribution in [0.3, 0.4) is 0 Å². The lowest BCUT2D eigenvalue weighted by Crippen LogP contribution is -2.27. The van der Waals surface area contributed by atoms with Gasteiger partial charge in [-0.3, -0.25) is 0 Å². The lowest BCUT2D eigenvalue weighted by atomic mass is 10.2. The van der Waals surface area contributed by atoms with Crippen LogP contribution in [-0.2, 0) is 4.84 Å². The van der Waals surface area contributed by atoms with Gasteiger partial charge in [-0.25, -0.2) is 15.3 Å². The van der Waals surface area contributed by atoms with Crippen LogP contribution >= 0.6 is 23.4 Å². The van der Waals surface area contributed by atoms with E-state index in [9.17, 15) is 4.79 Å². The number of carbonyl (C=O) groups excluding carboxylic acids is 1. The molecule has 0 radical (unpaired) electrons. The van der Waals surface area contributed by atoms with E-state index in [0.717, 1.165) is 16.3 Å². The maximum atomic E-state index is 11.9. The third-order valence-electron chi connectivity index (χ3n) is 3.04. The number of hydrogen-bond acceptors (Lipinski definition) is 5. The number of hydroxylamine groups is 1. The Bertz CT molecular complexity index is 719. The number of rotatable bonds is 1. The molecule has 6 heteroatoms. The number of amidine groups is 1. The molecule has 1 aliphatic rings. The summed E-state index contributed by atoms with van der Waals surface area (Å²) in [5.74, 6) is 1.02. The molecular weight excluding hydrogens is 320 g/mol. The number of thioether (sulfide) groups is 1. The highest BCUT2D eigenvalue weighted by atomic mass is 35.5. The molecule has 1 heterocycles. The van der Waals surface area contributed by atoms with Crippen LogP contribution in [-0.4, -0.2) is 17.6 Å². The molecule has 0 saturated heterocycles. The van der Waals surface area contributed by atoms with Gasteiger partial charge < -0.3 is 4.84 Å². The van der Waals surface area contributed by atoms with Crippen LogP contribution in [0.15, 0.2) is 58.4 Å². The molecule has 0 atom stereocenters. The van der Waals surface area contributed by atoms with Gasteiger partial charge in [-0.15, -0.1) is 11.8 Å². The topological polar surface area (TPSA) is 50.7 Å². The predicted molar refractivity (Wildman–Crippen MR) is 88.9 cm³/mol. The maximum Gasteiger partial charge on any atom is 0.362 e. The molecule has 0 fully saturated rings. The van der Waals surface area contributed by atoms with Crippen molar-refractivity contribution in [3.8, 4) is 0 Å². The Hall–Kier alpha value is -1.98. The zero-order valence-electron chi connectivity index (χ0n) is 11.6. The van der Waals surface area contributed by atoms with Crippen molar-refractivity contribution in [2.45, 2.75) is 11.3 Å². The van der Waals surface area contributed by atoms with Crippen molar-refractivity contribution in [3.05, 3.63) is 59.1 Å². The fourth-order valence-corrected chi connectivity index (χ4v) is 3.07. The monoisotopic (exact) mass is 332 g/mol. The van der Waals surface area contributed by atoms with E-state index in [1.807, 2.05) is 18.2 Å². The summed E-state index contributed by atoms with van der Waals surface area (Å²) < 4.78 is 0. The normalized spacial score (nSPS) is 13.6. The van der Waals surface area contributed by atoms with Gasteiger partial charge in [-0.2, -0.15) is 0 Å². The lowest BCUT2D eigenvalue weighted by Gasteiger charge is -2.08. The van der Waals surface area contributed by atoms with E-state index in [0.29, 0.717) is 22.8 Å². The summed E-state index contributed by atoms with van der Waals surface area (Å²) in [6, 6.07) is 14.4. The highest BCUT2D eigenvalue weighted by Crippen LogP contribution is 2.34. The molecule has 0 bridgehead atoms. The van der Waals surface area contributed by atoms with Crippen molar-refractivity contribution in [2.24, 2.45) is 4.99 Å². The van der Waals surface area contributed by atoms with Crippen LogP contribution in [0, 0.1) is 0 Å². The summed E-state index contributed by atoms with van der Waals surface area (Å²) in [6.45, 7) is 0. The Kier molecular flexibility index (Phi) is 4.65. The molecule has 0 saturated carbocycles. The minimum absolute atomic E-state index is 0.438. The molecule has 0 spiro atoms. The lowest BCUT2D eigenvalue weighted by molar-refractivity contribution is 0.0383. The Morgan fingerprint density at radius 1 is 1.23 bits per heavy atom. The number of carbonyl (C=O) groups is 1. The Morgan fingerprint density at radius 2 is 2.05 bits per heavy atom. The Labute approximate surface area is 137 Å². The summed E-state index contributed by atoms with van der Waals surface area (Å²) in [7, 11) is 0. The largest absolute Gasteiger partial charge is 0.362 e. The van der Waals surface area contributed by atoms with Crippen LogP contribution < -0.4 is 5.48 Å². The predicted octanol–water partition coefficient (Wildman–Crippen LogP) is 4.23. The third-order valence-corrected chi connectivity index (χ3v) is 4.34. The van der Waals surface area contributed by atoms with Gasteiger partial charge in [-0.1, -0.05) is 29.8 Å². The van der Waals surface area contributed by atoms with Crippen molar-refractivity contribution < 1.29 is 9.63 Å². The second-order valence-corrected chi connectivity index (χ2v) is 6.20. The van der Waals surface area contributed by atoms with Gasteiger partial charge in [0.25, 0.3) is 0 Å². The minimum atomic E-state index is -0.438. The molecule has 4 nitrogen and oxygen atoms in total. The molecule has 3 rings (SSSR count). The van der Waals surface area contributed by atoms with Gasteiger partial charge in [0, 0.05) is 22.1 Å². The molecule has 0 amide bonds. The summed E-state index contributed by atoms with van der Waals surface area (Å²) in [4.78, 5) is 22.6. The second-order valence-electron chi connectivity index (χ2n) is 4.63. The fraction of sp³-hybridized carbons (Fsp3) is 0.125. The van der Waals surface area contributed by atoms with E-state index in [-0.39, 0.29) is 0 Å². The number of hydrogen-bond donors (Lipinski definition) is 1. The van der Waals surface area contributed by atoms with Gasteiger partial charge in [0.1, 0.15) is 5.84 Å². The molecule has 1 N–H and O–H groups in total. The SMILES string of the molecule is O=C(ONC1=Nc2cc(Cl)ccc2SCC1)c1ccccc1. The van der Waals surface area contributed by atoms with Crippen molar-refractivity contribution in [1.82, 2.24) is 5.48 Å². The van der Waals surface area contributed by atoms with Crippen LogP contribution in [0.1, 0.15) is 16.8 Å². The van der Waals surface area contributed by atoms with Crippen molar-refractivity contribution in [3.63, 3.8) is 0 Å². The molecule has 112 valence electrons. The molecule has 0 aliphatic carbocycles. The average molecular weight is 333 g/mol. The summed E-state index contributed by atoms with van der Waals surface area (Å²) in [5.41, 5.74) is 3.94. The minimum Gasteiger partial charge on any atom is -0.337 e. The van der Waals surface area contributed by atoms with Crippen LogP contribution in [0.25, 0.3) is 0 Å². The van der Waals surface area contributed by atoms with Gasteiger partial charge >= 0.3 is 5.97 Å². The van der Waals surface area contributed by atoms with Gasteiger partial charge in [0.15, 0.2) is 0 Å². The standard InChI is InChI=1S/C16H13ClN2O2S/c17-12-6-7-14-13(10-12)18-15(8-9-22-14)19-21-16(20)11-4-2-1-3-5-11/h1-7,10H,8-9H2,(H,18,19). The zero-order valence-corrected chi connectivity index (χ0v) is 13.2. The highest BCUT2D eigenvalue weighted by Gasteiger charge is 2.13. The summed E-state index contributed by atoms with van der Waals surface area (Å²) in [6.07, 6.45) is 0.680. The van der Waals surface area contributed by atoms with Crippen molar-refractivity contribution >= 4 is 40.9 Å². The summed E-state index contributed by atoms with van der Waals surface area (Å²) >= 11 is 7.70. The Morgan fingerprint density at radius 3 is 2.86 bits per heavy atom. The molecule has 1 aliphatic heterocycles. The first-order chi connectivity index (χ1) is 10.7. The number of nitrogens with one attached hydrogen (secondary N) is 1. The zero-order chi connectivity index (χ0) is 15.4. The van der Waals surface area contributed by atoms with Crippen molar-refractivity contribution in [1.29, 1.82) is 0 Å². The van der Waals surface area contributed by atoms with E-state index < -0.39 is 5.97 Å². The quantitative estimate of drug-likeness (QED) is 0.794. The molecule has 22 heavy (non-hydrogen) atoms. The van der Waals surface area contributed by atoms with E-state index in [1.54, 1.807) is 42.1 Å². The number of fused-ring (bicyclic) bond motifs is 1. The average Bonchev–Trinajstić information content (AvgIpc) is 2.74. The molecule has 2 aromatic carbocycles.